The Kier molecular flexibility index (Phi) is 4.21. The number of rotatable bonds is 3. The van der Waals surface area contributed by atoms with Crippen molar-refractivity contribution in [3.8, 4) is 0 Å². The molecule has 0 spiro atoms. The van der Waals surface area contributed by atoms with Gasteiger partial charge in [-0.15, -0.1) is 0 Å². The number of fused-ring (bicyclic) bond motifs is 1. The Morgan fingerprint density at radius 1 is 0.667 bits per heavy atom. The molecule has 24 heavy (non-hydrogen) atoms. The third kappa shape index (κ3) is 2.78. The Labute approximate surface area is 145 Å². The highest BCUT2D eigenvalue weighted by Gasteiger charge is 2.31. The first-order chi connectivity index (χ1) is 11.8. The van der Waals surface area contributed by atoms with E-state index in [0.717, 1.165) is 0 Å². The van der Waals surface area contributed by atoms with E-state index in [-0.39, 0.29) is 0 Å². The van der Waals surface area contributed by atoms with Crippen LogP contribution in [0.3, 0.4) is 0 Å². The second-order valence-electron chi connectivity index (χ2n) is 6.98. The van der Waals surface area contributed by atoms with Gasteiger partial charge in [-0.2, -0.15) is 0 Å². The molecule has 0 heterocycles. The minimum Gasteiger partial charge on any atom is -0.0622 e. The molecule has 3 aromatic rings. The molecule has 1 aliphatic rings. The predicted octanol–water partition coefficient (Wildman–Crippen LogP) is 6.50. The highest BCUT2D eigenvalue weighted by Crippen LogP contribution is 2.47. The van der Waals surface area contributed by atoms with Gasteiger partial charge in [-0.05, 0) is 46.9 Å². The zero-order valence-corrected chi connectivity index (χ0v) is 14.2. The lowest BCUT2D eigenvalue weighted by Crippen LogP contribution is -2.19. The summed E-state index contributed by atoms with van der Waals surface area (Å²) >= 11 is 0. The third-order valence-electron chi connectivity index (χ3n) is 5.67. The number of hydrogen-bond acceptors (Lipinski definition) is 0. The fourth-order valence-corrected chi connectivity index (χ4v) is 4.36. The lowest BCUT2D eigenvalue weighted by atomic mass is 9.69. The maximum atomic E-state index is 2.39. The van der Waals surface area contributed by atoms with Crippen LogP contribution in [0.5, 0.6) is 0 Å². The molecular weight excluding hydrogens is 288 g/mol. The zero-order chi connectivity index (χ0) is 16.4. The second-order valence-corrected chi connectivity index (χ2v) is 6.98. The van der Waals surface area contributed by atoms with Crippen molar-refractivity contribution in [1.29, 1.82) is 0 Å². The van der Waals surface area contributed by atoms with E-state index in [1.54, 1.807) is 5.56 Å². The summed E-state index contributed by atoms with van der Waals surface area (Å²) in [7, 11) is 0. The van der Waals surface area contributed by atoms with Crippen LogP contribution in [0, 0.1) is 0 Å². The van der Waals surface area contributed by atoms with E-state index in [1.165, 1.54) is 29.5 Å². The van der Waals surface area contributed by atoms with Gasteiger partial charge in [0.15, 0.2) is 0 Å². The average molecular weight is 312 g/mol. The highest BCUT2D eigenvalue weighted by atomic mass is 14.3. The van der Waals surface area contributed by atoms with E-state index < -0.39 is 0 Å². The van der Waals surface area contributed by atoms with Crippen molar-refractivity contribution >= 4 is 0 Å². The van der Waals surface area contributed by atoms with Crippen molar-refractivity contribution in [2.24, 2.45) is 0 Å². The molecule has 120 valence electrons. The Morgan fingerprint density at radius 2 is 1.25 bits per heavy atom. The fraction of sp³-hybridized carbons (Fsp3) is 0.250. The van der Waals surface area contributed by atoms with Crippen molar-refractivity contribution < 1.29 is 0 Å². The molecule has 0 aliphatic heterocycles. The first-order valence-corrected chi connectivity index (χ1v) is 9.03. The summed E-state index contributed by atoms with van der Waals surface area (Å²) in [5.41, 5.74) is 5.99. The van der Waals surface area contributed by atoms with Gasteiger partial charge >= 0.3 is 0 Å². The summed E-state index contributed by atoms with van der Waals surface area (Å²) in [5.74, 6) is 1.72. The number of benzene rings is 3. The SMILES string of the molecule is CC(c1ccccc1)[C@@H]1CC[C@H](c2ccccc2)c2ccccc21. The van der Waals surface area contributed by atoms with Crippen molar-refractivity contribution in [2.45, 2.75) is 37.5 Å². The molecule has 0 saturated carbocycles. The summed E-state index contributed by atoms with van der Waals surface area (Å²) in [6.45, 7) is 2.39. The molecule has 0 fully saturated rings. The average Bonchev–Trinajstić information content (AvgIpc) is 2.68. The molecule has 1 unspecified atom stereocenters. The van der Waals surface area contributed by atoms with Crippen molar-refractivity contribution in [1.82, 2.24) is 0 Å². The van der Waals surface area contributed by atoms with Crippen molar-refractivity contribution in [3.05, 3.63) is 107 Å². The van der Waals surface area contributed by atoms with Crippen LogP contribution in [0.15, 0.2) is 84.9 Å². The van der Waals surface area contributed by atoms with Crippen LogP contribution in [0.2, 0.25) is 0 Å². The Hall–Kier alpha value is -2.34. The van der Waals surface area contributed by atoms with Gasteiger partial charge in [-0.25, -0.2) is 0 Å². The van der Waals surface area contributed by atoms with Crippen LogP contribution in [0.1, 0.15) is 59.8 Å². The standard InChI is InChI=1S/C24H24/c1-18(19-10-4-2-5-11-19)21-16-17-22(20-12-6-3-7-13-20)24-15-9-8-14-23(21)24/h2-15,18,21-22H,16-17H2,1H3/t18?,21-,22+/m0/s1. The maximum absolute atomic E-state index is 2.39. The zero-order valence-electron chi connectivity index (χ0n) is 14.2. The molecule has 3 aromatic carbocycles. The minimum atomic E-state index is 0.543. The summed E-state index contributed by atoms with van der Waals surface area (Å²) in [5, 5.41) is 0. The van der Waals surface area contributed by atoms with E-state index >= 15 is 0 Å². The van der Waals surface area contributed by atoms with E-state index in [2.05, 4.69) is 91.9 Å². The molecule has 0 N–H and O–H groups in total. The monoisotopic (exact) mass is 312 g/mol. The van der Waals surface area contributed by atoms with E-state index in [0.29, 0.717) is 17.8 Å². The van der Waals surface area contributed by atoms with Gasteiger partial charge < -0.3 is 0 Å². The molecule has 0 aromatic heterocycles. The topological polar surface area (TPSA) is 0 Å². The van der Waals surface area contributed by atoms with Crippen LogP contribution < -0.4 is 0 Å². The summed E-state index contributed by atoms with van der Waals surface area (Å²) < 4.78 is 0. The Balaban J connectivity index is 1.72. The molecule has 0 saturated heterocycles. The van der Waals surface area contributed by atoms with E-state index in [1.807, 2.05) is 0 Å². The van der Waals surface area contributed by atoms with Crippen LogP contribution >= 0.6 is 0 Å². The smallest absolute Gasteiger partial charge is 0.00924 e. The second kappa shape index (κ2) is 6.65. The maximum Gasteiger partial charge on any atom is 0.00924 e. The molecule has 0 bridgehead atoms. The Bertz CT molecular complexity index is 789. The molecule has 1 aliphatic carbocycles. The normalized spacial score (nSPS) is 21.0. The third-order valence-corrected chi connectivity index (χ3v) is 5.67. The van der Waals surface area contributed by atoms with E-state index in [4.69, 9.17) is 0 Å². The van der Waals surface area contributed by atoms with Gasteiger partial charge in [0.05, 0.1) is 0 Å². The summed E-state index contributed by atoms with van der Waals surface area (Å²) in [4.78, 5) is 0. The Morgan fingerprint density at radius 3 is 1.96 bits per heavy atom. The van der Waals surface area contributed by atoms with Crippen LogP contribution in [0.25, 0.3) is 0 Å². The lowest BCUT2D eigenvalue weighted by molar-refractivity contribution is 0.464. The van der Waals surface area contributed by atoms with Crippen molar-refractivity contribution in [3.63, 3.8) is 0 Å². The van der Waals surface area contributed by atoms with Gasteiger partial charge in [0, 0.05) is 5.92 Å². The molecular formula is C24H24. The fourth-order valence-electron chi connectivity index (χ4n) is 4.36. The van der Waals surface area contributed by atoms with Gasteiger partial charge in [0.25, 0.3) is 0 Å². The van der Waals surface area contributed by atoms with Gasteiger partial charge in [-0.3, -0.25) is 0 Å². The molecule has 0 heteroatoms. The first kappa shape index (κ1) is 15.2. The van der Waals surface area contributed by atoms with Crippen molar-refractivity contribution in [2.75, 3.05) is 0 Å². The quantitative estimate of drug-likeness (QED) is 0.518. The van der Waals surface area contributed by atoms with Crippen LogP contribution in [-0.4, -0.2) is 0 Å². The molecule has 0 radical (unpaired) electrons. The first-order valence-electron chi connectivity index (χ1n) is 9.03. The van der Waals surface area contributed by atoms with Crippen LogP contribution in [0.4, 0.5) is 0 Å². The minimum absolute atomic E-state index is 0.543. The molecule has 0 nitrogen and oxygen atoms in total. The molecule has 4 rings (SSSR count). The van der Waals surface area contributed by atoms with Gasteiger partial charge in [0.2, 0.25) is 0 Å². The number of hydrogen-bond donors (Lipinski definition) is 0. The largest absolute Gasteiger partial charge is 0.0622 e. The van der Waals surface area contributed by atoms with Gasteiger partial charge in [-0.1, -0.05) is 91.9 Å². The highest BCUT2D eigenvalue weighted by molar-refractivity contribution is 5.43. The van der Waals surface area contributed by atoms with Crippen LogP contribution in [-0.2, 0) is 0 Å². The molecule has 3 atom stereocenters. The van der Waals surface area contributed by atoms with E-state index in [9.17, 15) is 0 Å². The predicted molar refractivity (Wildman–Crippen MR) is 102 cm³/mol. The summed E-state index contributed by atoms with van der Waals surface area (Å²) in [6.07, 6.45) is 2.50. The summed E-state index contributed by atoms with van der Waals surface area (Å²) in [6, 6.07) is 31.1. The lowest BCUT2D eigenvalue weighted by Gasteiger charge is -2.35. The molecule has 0 amide bonds. The van der Waals surface area contributed by atoms with Gasteiger partial charge in [0.1, 0.15) is 0 Å².